The third-order valence-electron chi connectivity index (χ3n) is 2.24. The molecule has 0 aliphatic rings. The number of nitrogens with one attached hydrogen (secondary N) is 1. The molecule has 1 rings (SSSR count). The predicted molar refractivity (Wildman–Crippen MR) is 74.7 cm³/mol. The summed E-state index contributed by atoms with van der Waals surface area (Å²) in [5.41, 5.74) is 0.618. The number of aldehydes is 1. The molecule has 0 aromatic heterocycles. The number of amides is 1. The van der Waals surface area contributed by atoms with Crippen molar-refractivity contribution in [3.05, 3.63) is 29.3 Å². The summed E-state index contributed by atoms with van der Waals surface area (Å²) in [6, 6.07) is 6.70. The second-order valence-electron chi connectivity index (χ2n) is 3.69. The maximum atomic E-state index is 11.7. The second-order valence-corrected chi connectivity index (χ2v) is 5.22. The Morgan fingerprint density at radius 1 is 1.22 bits per heavy atom. The largest absolute Gasteiger partial charge is 0.325 e. The summed E-state index contributed by atoms with van der Waals surface area (Å²) in [5, 5.41) is 1.92. The van der Waals surface area contributed by atoms with E-state index in [9.17, 15) is 9.59 Å². The van der Waals surface area contributed by atoms with Gasteiger partial charge in [-0.25, -0.2) is 0 Å². The van der Waals surface area contributed by atoms with Gasteiger partial charge in [0.2, 0.25) is 5.91 Å². The van der Waals surface area contributed by atoms with Crippen molar-refractivity contribution in [2.75, 3.05) is 5.32 Å². The molecule has 18 heavy (non-hydrogen) atoms. The lowest BCUT2D eigenvalue weighted by Crippen LogP contribution is -2.24. The average molecular weight is 309 g/mol. The summed E-state index contributed by atoms with van der Waals surface area (Å²) >= 11 is 17.2. The normalized spacial score (nSPS) is 13.7. The highest BCUT2D eigenvalue weighted by molar-refractivity contribution is 6.33. The molecule has 0 heterocycles. The van der Waals surface area contributed by atoms with Crippen LogP contribution in [-0.2, 0) is 9.59 Å². The van der Waals surface area contributed by atoms with Gasteiger partial charge in [-0.1, -0.05) is 11.6 Å². The Hall–Kier alpha value is -0.770. The Morgan fingerprint density at radius 3 is 2.39 bits per heavy atom. The molecule has 6 heteroatoms. The van der Waals surface area contributed by atoms with Crippen LogP contribution in [0.5, 0.6) is 0 Å². The van der Waals surface area contributed by atoms with Crippen LogP contribution in [-0.4, -0.2) is 22.9 Å². The van der Waals surface area contributed by atoms with E-state index in [2.05, 4.69) is 5.32 Å². The van der Waals surface area contributed by atoms with Gasteiger partial charge in [-0.2, -0.15) is 0 Å². The number of benzene rings is 1. The number of alkyl halides is 2. The van der Waals surface area contributed by atoms with Crippen molar-refractivity contribution in [2.45, 2.75) is 23.6 Å². The molecule has 3 nitrogen and oxygen atoms in total. The van der Waals surface area contributed by atoms with Crippen LogP contribution in [0.4, 0.5) is 5.69 Å². The van der Waals surface area contributed by atoms with Gasteiger partial charge in [0.25, 0.3) is 0 Å². The van der Waals surface area contributed by atoms with E-state index in [0.717, 1.165) is 0 Å². The fourth-order valence-corrected chi connectivity index (χ4v) is 1.69. The lowest BCUT2D eigenvalue weighted by atomic mass is 10.2. The van der Waals surface area contributed by atoms with Crippen LogP contribution in [0.2, 0.25) is 5.02 Å². The molecular weight excluding hydrogens is 296 g/mol. The number of hydrogen-bond donors (Lipinski definition) is 1. The van der Waals surface area contributed by atoms with Crippen molar-refractivity contribution >= 4 is 52.7 Å². The van der Waals surface area contributed by atoms with E-state index in [1.54, 1.807) is 24.3 Å². The van der Waals surface area contributed by atoms with E-state index in [-0.39, 0.29) is 5.91 Å². The molecule has 0 fully saturated rings. The van der Waals surface area contributed by atoms with E-state index in [1.807, 2.05) is 0 Å². The van der Waals surface area contributed by atoms with E-state index in [4.69, 9.17) is 34.8 Å². The fraction of sp³-hybridized carbons (Fsp3) is 0.333. The van der Waals surface area contributed by atoms with Crippen molar-refractivity contribution < 1.29 is 9.59 Å². The fourth-order valence-electron chi connectivity index (χ4n) is 1.26. The first kappa shape index (κ1) is 15.3. The molecule has 0 saturated carbocycles. The molecule has 1 amide bonds. The maximum absolute atomic E-state index is 11.7. The van der Waals surface area contributed by atoms with Crippen LogP contribution in [0, 0.1) is 0 Å². The molecule has 0 spiro atoms. The summed E-state index contributed by atoms with van der Waals surface area (Å²) in [4.78, 5) is 22.0. The average Bonchev–Trinajstić information content (AvgIpc) is 2.38. The summed E-state index contributed by atoms with van der Waals surface area (Å²) in [7, 11) is 0. The molecule has 0 aliphatic heterocycles. The predicted octanol–water partition coefficient (Wildman–Crippen LogP) is 3.47. The molecule has 0 saturated heterocycles. The molecule has 2 atom stereocenters. The summed E-state index contributed by atoms with van der Waals surface area (Å²) in [6.45, 7) is 0. The first-order valence-corrected chi connectivity index (χ1v) is 6.58. The number of carbonyl (C=O) groups excluding carboxylic acids is 2. The molecule has 98 valence electrons. The number of hydrogen-bond acceptors (Lipinski definition) is 2. The molecular formula is C12H12Cl3NO2. The minimum Gasteiger partial charge on any atom is -0.325 e. The topological polar surface area (TPSA) is 46.2 Å². The molecule has 1 aromatic carbocycles. The van der Waals surface area contributed by atoms with Crippen molar-refractivity contribution in [2.24, 2.45) is 0 Å². The SMILES string of the molecule is O=CC(Cl)CCC(Cl)C(=O)Nc1ccc(Cl)cc1. The maximum Gasteiger partial charge on any atom is 0.242 e. The zero-order valence-electron chi connectivity index (χ0n) is 9.41. The quantitative estimate of drug-likeness (QED) is 0.646. The Bertz CT molecular complexity index is 408. The highest BCUT2D eigenvalue weighted by atomic mass is 35.5. The first-order chi connectivity index (χ1) is 8.52. The summed E-state index contributed by atoms with van der Waals surface area (Å²) < 4.78 is 0. The highest BCUT2D eigenvalue weighted by Crippen LogP contribution is 2.16. The van der Waals surface area contributed by atoms with E-state index in [1.165, 1.54) is 0 Å². The van der Waals surface area contributed by atoms with E-state index in [0.29, 0.717) is 29.8 Å². The molecule has 0 aliphatic carbocycles. The Labute approximate surface area is 120 Å². The number of halogens is 3. The Kier molecular flexibility index (Phi) is 6.47. The molecule has 1 aromatic rings. The zero-order valence-corrected chi connectivity index (χ0v) is 11.7. The molecule has 0 radical (unpaired) electrons. The number of rotatable bonds is 6. The summed E-state index contributed by atoms with van der Waals surface area (Å²) in [6.07, 6.45) is 1.34. The summed E-state index contributed by atoms with van der Waals surface area (Å²) in [5.74, 6) is -0.325. The zero-order chi connectivity index (χ0) is 13.5. The first-order valence-electron chi connectivity index (χ1n) is 5.33. The third-order valence-corrected chi connectivity index (χ3v) is 3.23. The monoisotopic (exact) mass is 307 g/mol. The molecule has 1 N–H and O–H groups in total. The van der Waals surface area contributed by atoms with Gasteiger partial charge in [0.05, 0.1) is 5.38 Å². The molecule has 0 bridgehead atoms. The van der Waals surface area contributed by atoms with E-state index < -0.39 is 10.8 Å². The van der Waals surface area contributed by atoms with Crippen LogP contribution in [0.15, 0.2) is 24.3 Å². The molecule has 2 unspecified atom stereocenters. The minimum absolute atomic E-state index is 0.325. The lowest BCUT2D eigenvalue weighted by molar-refractivity contribution is -0.116. The van der Waals surface area contributed by atoms with Crippen molar-refractivity contribution in [1.29, 1.82) is 0 Å². The second kappa shape index (κ2) is 7.62. The Balaban J connectivity index is 2.44. The van der Waals surface area contributed by atoms with Crippen LogP contribution >= 0.6 is 34.8 Å². The lowest BCUT2D eigenvalue weighted by Gasteiger charge is -2.10. The number of anilines is 1. The smallest absolute Gasteiger partial charge is 0.242 e. The van der Waals surface area contributed by atoms with Crippen LogP contribution in [0.25, 0.3) is 0 Å². The third kappa shape index (κ3) is 5.25. The van der Waals surface area contributed by atoms with Gasteiger partial charge in [-0.05, 0) is 37.1 Å². The van der Waals surface area contributed by atoms with Crippen LogP contribution in [0.3, 0.4) is 0 Å². The Morgan fingerprint density at radius 2 is 1.83 bits per heavy atom. The van der Waals surface area contributed by atoms with E-state index >= 15 is 0 Å². The highest BCUT2D eigenvalue weighted by Gasteiger charge is 2.17. The van der Waals surface area contributed by atoms with Crippen LogP contribution < -0.4 is 5.32 Å². The van der Waals surface area contributed by atoms with Gasteiger partial charge in [-0.3, -0.25) is 4.79 Å². The van der Waals surface area contributed by atoms with Crippen LogP contribution in [0.1, 0.15) is 12.8 Å². The van der Waals surface area contributed by atoms with Crippen molar-refractivity contribution in [3.63, 3.8) is 0 Å². The van der Waals surface area contributed by atoms with Crippen molar-refractivity contribution in [3.8, 4) is 0 Å². The van der Waals surface area contributed by atoms with Gasteiger partial charge >= 0.3 is 0 Å². The minimum atomic E-state index is -0.720. The van der Waals surface area contributed by atoms with Gasteiger partial charge in [0.1, 0.15) is 11.7 Å². The van der Waals surface area contributed by atoms with Gasteiger partial charge in [-0.15, -0.1) is 23.2 Å². The van der Waals surface area contributed by atoms with Gasteiger partial charge in [0.15, 0.2) is 0 Å². The van der Waals surface area contributed by atoms with Gasteiger partial charge in [0, 0.05) is 10.7 Å². The standard InChI is InChI=1S/C12H12Cl3NO2/c13-8-1-4-10(5-2-8)16-12(18)11(15)6-3-9(14)7-17/h1-2,4-5,7,9,11H,3,6H2,(H,16,18). The van der Waals surface area contributed by atoms with Gasteiger partial charge < -0.3 is 10.1 Å². The number of carbonyl (C=O) groups is 2. The van der Waals surface area contributed by atoms with Crippen molar-refractivity contribution in [1.82, 2.24) is 0 Å².